The number of aliphatic imine (C=N–C) groups is 1. The van der Waals surface area contributed by atoms with Gasteiger partial charge < -0.3 is 0 Å². The molecule has 0 fully saturated rings. The molecule has 0 aliphatic heterocycles. The van der Waals surface area contributed by atoms with Gasteiger partial charge in [0.05, 0.1) is 0 Å². The summed E-state index contributed by atoms with van der Waals surface area (Å²) in [6.07, 6.45) is 4.48. The Morgan fingerprint density at radius 3 is 2.06 bits per heavy atom. The molecule has 16 heavy (non-hydrogen) atoms. The van der Waals surface area contributed by atoms with Crippen molar-refractivity contribution in [2.75, 3.05) is 13.1 Å². The van der Waals surface area contributed by atoms with Crippen LogP contribution in [0.15, 0.2) is 16.8 Å². The van der Waals surface area contributed by atoms with E-state index < -0.39 is 16.5 Å². The van der Waals surface area contributed by atoms with E-state index in [1.54, 1.807) is 0 Å². The molecule has 0 unspecified atom stereocenters. The SMILES string of the molecule is CCN=C(/C=C(/CC)[N](CC)[Ga]([CH3])[CH3])CC. The van der Waals surface area contributed by atoms with Gasteiger partial charge in [0, 0.05) is 0 Å². The van der Waals surface area contributed by atoms with E-state index in [0.717, 1.165) is 25.9 Å². The van der Waals surface area contributed by atoms with Crippen molar-refractivity contribution in [1.82, 2.24) is 3.61 Å². The number of hydrogen-bond donors (Lipinski definition) is 0. The Labute approximate surface area is 107 Å². The average Bonchev–Trinajstić information content (AvgIpc) is 2.26. The molecular weight excluding hydrogens is 254 g/mol. The van der Waals surface area contributed by atoms with E-state index in [4.69, 9.17) is 0 Å². The molecule has 0 amide bonds. The van der Waals surface area contributed by atoms with Crippen molar-refractivity contribution in [3.8, 4) is 0 Å². The Hall–Kier alpha value is -0.154. The van der Waals surface area contributed by atoms with Gasteiger partial charge in [-0.2, -0.15) is 0 Å². The van der Waals surface area contributed by atoms with Crippen molar-refractivity contribution in [2.24, 2.45) is 4.99 Å². The summed E-state index contributed by atoms with van der Waals surface area (Å²) in [7, 11) is 0. The second-order valence-electron chi connectivity index (χ2n) is 4.19. The molecule has 0 saturated heterocycles. The molecule has 3 heteroatoms. The number of rotatable bonds is 7. The molecule has 0 aromatic heterocycles. The minimum absolute atomic E-state index is 0.895. The van der Waals surface area contributed by atoms with E-state index in [9.17, 15) is 0 Å². The second kappa shape index (κ2) is 8.94. The molecule has 0 aromatic carbocycles. The van der Waals surface area contributed by atoms with Crippen molar-refractivity contribution in [2.45, 2.75) is 51.5 Å². The van der Waals surface area contributed by atoms with Crippen molar-refractivity contribution in [3.05, 3.63) is 11.8 Å². The summed E-state index contributed by atoms with van der Waals surface area (Å²) in [6, 6.07) is 0. The molecule has 0 radical (unpaired) electrons. The standard InChI is InChI=1S/C11H21N2.2CH3.Ga/c1-5-10(12-7-3)9-11(6-2)13-8-4;;;/h9H,5-8H2,1-4H3;2*1H3;/q-1;;;+1/b10-9-,13-11?;;;. The molecule has 0 bridgehead atoms. The minimum atomic E-state index is -1.20. The van der Waals surface area contributed by atoms with Gasteiger partial charge in [-0.25, -0.2) is 0 Å². The molecular formula is C13H27GaN2. The fourth-order valence-corrected chi connectivity index (χ4v) is 5.41. The van der Waals surface area contributed by atoms with Crippen molar-refractivity contribution in [3.63, 3.8) is 0 Å². The zero-order valence-corrected chi connectivity index (χ0v) is 14.3. The fourth-order valence-electron chi connectivity index (χ4n) is 1.94. The van der Waals surface area contributed by atoms with Gasteiger partial charge in [0.2, 0.25) is 0 Å². The number of allylic oxidation sites excluding steroid dienone is 2. The zero-order chi connectivity index (χ0) is 12.6. The van der Waals surface area contributed by atoms with Gasteiger partial charge in [0.15, 0.2) is 0 Å². The summed E-state index contributed by atoms with van der Waals surface area (Å²) in [5.74, 6) is 0. The molecule has 0 aliphatic rings. The van der Waals surface area contributed by atoms with E-state index >= 15 is 0 Å². The second-order valence-corrected chi connectivity index (χ2v) is 10.1. The third-order valence-corrected chi connectivity index (χ3v) is 6.83. The molecule has 0 rings (SSSR count). The first-order chi connectivity index (χ1) is 7.60. The third-order valence-electron chi connectivity index (χ3n) is 2.75. The molecule has 0 aromatic rings. The van der Waals surface area contributed by atoms with E-state index in [2.05, 4.69) is 53.3 Å². The maximum absolute atomic E-state index is 4.54. The normalized spacial score (nSPS) is 12.9. The first-order valence-corrected chi connectivity index (χ1v) is 12.5. The Bertz CT molecular complexity index is 244. The monoisotopic (exact) mass is 280 g/mol. The molecule has 0 atom stereocenters. The van der Waals surface area contributed by atoms with E-state index in [-0.39, 0.29) is 0 Å². The predicted molar refractivity (Wildman–Crippen MR) is 76.5 cm³/mol. The summed E-state index contributed by atoms with van der Waals surface area (Å²) in [5, 5.41) is 0. The summed E-state index contributed by atoms with van der Waals surface area (Å²) in [6.45, 7) is 10.8. The molecule has 0 spiro atoms. The summed E-state index contributed by atoms with van der Waals surface area (Å²) < 4.78 is 2.63. The Kier molecular flexibility index (Phi) is 8.85. The zero-order valence-electron chi connectivity index (χ0n) is 11.9. The van der Waals surface area contributed by atoms with Crippen LogP contribution >= 0.6 is 0 Å². The van der Waals surface area contributed by atoms with Crippen LogP contribution in [0.2, 0.25) is 11.0 Å². The van der Waals surface area contributed by atoms with Gasteiger partial charge in [-0.3, -0.25) is 0 Å². The molecule has 0 saturated carbocycles. The number of hydrogen-bond acceptors (Lipinski definition) is 2. The molecule has 0 aliphatic carbocycles. The fraction of sp³-hybridized carbons (Fsp3) is 0.769. The Morgan fingerprint density at radius 1 is 1.12 bits per heavy atom. The third kappa shape index (κ3) is 5.26. The molecule has 2 nitrogen and oxygen atoms in total. The average molecular weight is 281 g/mol. The van der Waals surface area contributed by atoms with E-state index in [1.165, 1.54) is 11.4 Å². The summed E-state index contributed by atoms with van der Waals surface area (Å²) >= 11 is -1.20. The van der Waals surface area contributed by atoms with Gasteiger partial charge >= 0.3 is 107 Å². The van der Waals surface area contributed by atoms with Gasteiger partial charge in [-0.1, -0.05) is 0 Å². The van der Waals surface area contributed by atoms with E-state index in [1.807, 2.05) is 0 Å². The van der Waals surface area contributed by atoms with Crippen molar-refractivity contribution in [1.29, 1.82) is 0 Å². The van der Waals surface area contributed by atoms with Crippen LogP contribution in [0, 0.1) is 0 Å². The number of nitrogens with zero attached hydrogens (tertiary/aromatic N) is 2. The first kappa shape index (κ1) is 15.8. The summed E-state index contributed by atoms with van der Waals surface area (Å²) in [5.41, 5.74) is 7.61. The van der Waals surface area contributed by atoms with Crippen molar-refractivity contribution < 1.29 is 0 Å². The van der Waals surface area contributed by atoms with Crippen LogP contribution in [0.5, 0.6) is 0 Å². The van der Waals surface area contributed by atoms with Crippen LogP contribution in [0.1, 0.15) is 40.5 Å². The van der Waals surface area contributed by atoms with Crippen LogP contribution < -0.4 is 0 Å². The van der Waals surface area contributed by atoms with Crippen molar-refractivity contribution >= 4 is 22.2 Å². The quantitative estimate of drug-likeness (QED) is 0.513. The van der Waals surface area contributed by atoms with Crippen LogP contribution in [0.25, 0.3) is 0 Å². The summed E-state index contributed by atoms with van der Waals surface area (Å²) in [4.78, 5) is 4.54. The van der Waals surface area contributed by atoms with E-state index in [0.29, 0.717) is 0 Å². The van der Waals surface area contributed by atoms with Gasteiger partial charge in [-0.05, 0) is 0 Å². The topological polar surface area (TPSA) is 15.6 Å². The van der Waals surface area contributed by atoms with Crippen LogP contribution in [-0.2, 0) is 0 Å². The molecule has 92 valence electrons. The maximum atomic E-state index is 4.54. The Morgan fingerprint density at radius 2 is 1.75 bits per heavy atom. The first-order valence-electron chi connectivity index (χ1n) is 6.61. The molecule has 0 heterocycles. The van der Waals surface area contributed by atoms with Crippen LogP contribution in [-0.4, -0.2) is 38.9 Å². The van der Waals surface area contributed by atoms with Gasteiger partial charge in [-0.15, -0.1) is 0 Å². The molecule has 0 N–H and O–H groups in total. The van der Waals surface area contributed by atoms with Gasteiger partial charge in [0.25, 0.3) is 0 Å². The predicted octanol–water partition coefficient (Wildman–Crippen LogP) is 3.72. The Balaban J connectivity index is 4.93. The van der Waals surface area contributed by atoms with Crippen LogP contribution in [0.4, 0.5) is 0 Å². The van der Waals surface area contributed by atoms with Crippen LogP contribution in [0.3, 0.4) is 0 Å². The van der Waals surface area contributed by atoms with Gasteiger partial charge in [0.1, 0.15) is 0 Å².